The maximum absolute atomic E-state index is 2.32. The molecule has 0 aliphatic carbocycles. The van der Waals surface area contributed by atoms with Gasteiger partial charge in [0, 0.05) is 0 Å². The molecular formula is C13H21P. The molecule has 0 radical (unpaired) electrons. The maximum atomic E-state index is 2.32. The summed E-state index contributed by atoms with van der Waals surface area (Å²) < 4.78 is 0. The lowest BCUT2D eigenvalue weighted by molar-refractivity contribution is 1.34. The lowest BCUT2D eigenvalue weighted by atomic mass is 10.1. The Morgan fingerprint density at radius 2 is 1.36 bits per heavy atom. The van der Waals surface area contributed by atoms with Crippen LogP contribution in [0.1, 0.15) is 30.5 Å². The van der Waals surface area contributed by atoms with Gasteiger partial charge in [-0.05, 0) is 49.5 Å². The molecule has 1 rings (SSSR count). The largest absolute Gasteiger partial charge is 0.0753 e. The molecule has 0 aliphatic heterocycles. The molecule has 78 valence electrons. The highest BCUT2D eigenvalue weighted by molar-refractivity contribution is 7.65. The van der Waals surface area contributed by atoms with E-state index < -0.39 is 0 Å². The molecule has 0 bridgehead atoms. The number of hydrogen-bond acceptors (Lipinski definition) is 0. The fourth-order valence-electron chi connectivity index (χ4n) is 2.21. The quantitative estimate of drug-likeness (QED) is 0.663. The average molecular weight is 208 g/mol. The fraction of sp³-hybridized carbons (Fsp3) is 0.538. The van der Waals surface area contributed by atoms with Gasteiger partial charge in [-0.15, -0.1) is 0 Å². The first-order chi connectivity index (χ1) is 6.60. The van der Waals surface area contributed by atoms with E-state index in [4.69, 9.17) is 0 Å². The molecule has 0 aromatic heterocycles. The molecule has 0 atom stereocenters. The van der Waals surface area contributed by atoms with Crippen LogP contribution in [0.4, 0.5) is 0 Å². The van der Waals surface area contributed by atoms with E-state index in [0.29, 0.717) is 0 Å². The summed E-state index contributed by atoms with van der Waals surface area (Å²) in [7, 11) is 0.0946. The predicted molar refractivity (Wildman–Crippen MR) is 68.3 cm³/mol. The Balaban J connectivity index is 3.19. The Labute approximate surface area is 89.5 Å². The Morgan fingerprint density at radius 3 is 1.71 bits per heavy atom. The predicted octanol–water partition coefficient (Wildman–Crippen LogP) is 3.76. The molecular weight excluding hydrogens is 187 g/mol. The summed E-state index contributed by atoms with van der Waals surface area (Å²) in [4.78, 5) is 0. The first kappa shape index (κ1) is 11.7. The summed E-state index contributed by atoms with van der Waals surface area (Å²) in [6, 6.07) is 4.64. The second kappa shape index (κ2) is 4.94. The standard InChI is InChI=1S/C13H21P/c1-6-14(7-2)13-11(4)8-10(3)9-12(13)5/h8-9H,6-7H2,1-5H3. The lowest BCUT2D eigenvalue weighted by Gasteiger charge is -2.19. The van der Waals surface area contributed by atoms with Gasteiger partial charge >= 0.3 is 0 Å². The zero-order valence-electron chi connectivity index (χ0n) is 10.0. The molecule has 0 saturated heterocycles. The summed E-state index contributed by atoms with van der Waals surface area (Å²) in [5.41, 5.74) is 4.39. The first-order valence-electron chi connectivity index (χ1n) is 5.42. The van der Waals surface area contributed by atoms with E-state index in [0.717, 1.165) is 0 Å². The lowest BCUT2D eigenvalue weighted by Crippen LogP contribution is -2.12. The summed E-state index contributed by atoms with van der Waals surface area (Å²) >= 11 is 0. The molecule has 0 spiro atoms. The fourth-order valence-corrected chi connectivity index (χ4v) is 4.42. The van der Waals surface area contributed by atoms with Gasteiger partial charge in [0.2, 0.25) is 0 Å². The van der Waals surface area contributed by atoms with E-state index in [-0.39, 0.29) is 7.92 Å². The molecule has 0 N–H and O–H groups in total. The summed E-state index contributed by atoms with van der Waals surface area (Å²) in [6.45, 7) is 11.3. The Morgan fingerprint density at radius 1 is 0.929 bits per heavy atom. The molecule has 0 aliphatic rings. The van der Waals surface area contributed by atoms with Gasteiger partial charge in [-0.2, -0.15) is 0 Å². The van der Waals surface area contributed by atoms with Crippen LogP contribution in [-0.4, -0.2) is 12.3 Å². The van der Waals surface area contributed by atoms with Gasteiger partial charge in [0.05, 0.1) is 0 Å². The van der Waals surface area contributed by atoms with Crippen LogP contribution in [0.25, 0.3) is 0 Å². The van der Waals surface area contributed by atoms with Crippen molar-refractivity contribution in [3.8, 4) is 0 Å². The molecule has 0 amide bonds. The van der Waals surface area contributed by atoms with Crippen molar-refractivity contribution in [1.29, 1.82) is 0 Å². The van der Waals surface area contributed by atoms with Crippen LogP contribution < -0.4 is 5.30 Å². The van der Waals surface area contributed by atoms with Crippen molar-refractivity contribution in [3.05, 3.63) is 28.8 Å². The summed E-state index contributed by atoms with van der Waals surface area (Å²) in [6.07, 6.45) is 2.63. The average Bonchev–Trinajstić information content (AvgIpc) is 2.10. The summed E-state index contributed by atoms with van der Waals surface area (Å²) in [5.74, 6) is 0. The summed E-state index contributed by atoms with van der Waals surface area (Å²) in [5, 5.41) is 1.65. The highest BCUT2D eigenvalue weighted by Crippen LogP contribution is 2.35. The molecule has 0 fully saturated rings. The van der Waals surface area contributed by atoms with Crippen molar-refractivity contribution in [2.45, 2.75) is 34.6 Å². The number of benzene rings is 1. The van der Waals surface area contributed by atoms with Gasteiger partial charge in [-0.3, -0.25) is 0 Å². The highest BCUT2D eigenvalue weighted by Gasteiger charge is 2.11. The van der Waals surface area contributed by atoms with Crippen LogP contribution in [0.5, 0.6) is 0 Å². The minimum absolute atomic E-state index is 0.0946. The minimum atomic E-state index is 0.0946. The number of hydrogen-bond donors (Lipinski definition) is 0. The van der Waals surface area contributed by atoms with Gasteiger partial charge in [0.25, 0.3) is 0 Å². The topological polar surface area (TPSA) is 0 Å². The Hall–Kier alpha value is -0.350. The van der Waals surface area contributed by atoms with E-state index in [1.807, 2.05) is 0 Å². The van der Waals surface area contributed by atoms with Crippen LogP contribution in [0, 0.1) is 20.8 Å². The minimum Gasteiger partial charge on any atom is -0.0753 e. The van der Waals surface area contributed by atoms with E-state index in [9.17, 15) is 0 Å². The zero-order chi connectivity index (χ0) is 10.7. The second-order valence-corrected chi connectivity index (χ2v) is 6.71. The molecule has 14 heavy (non-hydrogen) atoms. The van der Waals surface area contributed by atoms with Crippen LogP contribution in [0.2, 0.25) is 0 Å². The number of aryl methyl sites for hydroxylation is 3. The Kier molecular flexibility index (Phi) is 4.13. The van der Waals surface area contributed by atoms with Crippen LogP contribution in [0.3, 0.4) is 0 Å². The monoisotopic (exact) mass is 208 g/mol. The van der Waals surface area contributed by atoms with E-state index in [1.165, 1.54) is 29.0 Å². The van der Waals surface area contributed by atoms with Gasteiger partial charge < -0.3 is 0 Å². The van der Waals surface area contributed by atoms with E-state index in [2.05, 4.69) is 46.8 Å². The molecule has 0 unspecified atom stereocenters. The van der Waals surface area contributed by atoms with E-state index >= 15 is 0 Å². The van der Waals surface area contributed by atoms with Crippen LogP contribution in [-0.2, 0) is 0 Å². The van der Waals surface area contributed by atoms with Gasteiger partial charge in [-0.1, -0.05) is 39.5 Å². The Bertz CT molecular complexity index is 288. The third-order valence-corrected chi connectivity index (χ3v) is 5.58. The molecule has 0 nitrogen and oxygen atoms in total. The van der Waals surface area contributed by atoms with Crippen molar-refractivity contribution in [1.82, 2.24) is 0 Å². The molecule has 0 saturated carbocycles. The van der Waals surface area contributed by atoms with Gasteiger partial charge in [-0.25, -0.2) is 0 Å². The van der Waals surface area contributed by atoms with E-state index in [1.54, 1.807) is 5.30 Å². The maximum Gasteiger partial charge on any atom is -0.0182 e. The molecule has 1 heteroatoms. The van der Waals surface area contributed by atoms with Crippen LogP contribution in [0.15, 0.2) is 12.1 Å². The third kappa shape index (κ3) is 2.36. The molecule has 0 heterocycles. The number of rotatable bonds is 3. The zero-order valence-corrected chi connectivity index (χ0v) is 10.9. The van der Waals surface area contributed by atoms with Crippen molar-refractivity contribution in [2.75, 3.05) is 12.3 Å². The van der Waals surface area contributed by atoms with Crippen molar-refractivity contribution in [3.63, 3.8) is 0 Å². The van der Waals surface area contributed by atoms with Crippen LogP contribution >= 0.6 is 7.92 Å². The molecule has 1 aromatic rings. The second-order valence-electron chi connectivity index (χ2n) is 3.92. The van der Waals surface area contributed by atoms with Gasteiger partial charge in [0.15, 0.2) is 0 Å². The van der Waals surface area contributed by atoms with Crippen molar-refractivity contribution in [2.24, 2.45) is 0 Å². The third-order valence-electron chi connectivity index (χ3n) is 2.72. The molecule has 1 aromatic carbocycles. The van der Waals surface area contributed by atoms with Crippen molar-refractivity contribution >= 4 is 13.2 Å². The van der Waals surface area contributed by atoms with Crippen molar-refractivity contribution < 1.29 is 0 Å². The van der Waals surface area contributed by atoms with Gasteiger partial charge in [0.1, 0.15) is 0 Å². The SMILES string of the molecule is CCP(CC)c1c(C)cc(C)cc1C. The first-order valence-corrected chi connectivity index (χ1v) is 7.14. The normalized spacial score (nSPS) is 11.0. The smallest absolute Gasteiger partial charge is 0.0182 e. The highest BCUT2D eigenvalue weighted by atomic mass is 31.1.